The Bertz CT molecular complexity index is 1010. The number of amides is 1. The van der Waals surface area contributed by atoms with E-state index in [0.29, 0.717) is 12.8 Å². The molecule has 2 aliphatic heterocycles. The normalized spacial score (nSPS) is 23.9. The van der Waals surface area contributed by atoms with Crippen molar-refractivity contribution in [1.82, 2.24) is 9.58 Å². The Morgan fingerprint density at radius 1 is 1.10 bits per heavy atom. The lowest BCUT2D eigenvalue weighted by Crippen LogP contribution is -2.64. The predicted molar refractivity (Wildman–Crippen MR) is 104 cm³/mol. The van der Waals surface area contributed by atoms with Crippen LogP contribution in [0.4, 0.5) is 13.2 Å². The van der Waals surface area contributed by atoms with Crippen LogP contribution in [0.25, 0.3) is 0 Å². The molecule has 160 valence electrons. The number of nitrogens with zero attached hydrogens (tertiary/aromatic N) is 3. The van der Waals surface area contributed by atoms with Gasteiger partial charge in [-0.1, -0.05) is 30.3 Å². The lowest BCUT2D eigenvalue weighted by Gasteiger charge is -2.54. The summed E-state index contributed by atoms with van der Waals surface area (Å²) in [7, 11) is 1.58. The Morgan fingerprint density at radius 3 is 2.47 bits per heavy atom. The summed E-state index contributed by atoms with van der Waals surface area (Å²) >= 11 is 0. The molecule has 0 bridgehead atoms. The third-order valence-corrected chi connectivity index (χ3v) is 6.04. The molecule has 3 atom stereocenters. The van der Waals surface area contributed by atoms with Gasteiger partial charge in [0.15, 0.2) is 11.4 Å². The molecule has 0 radical (unpaired) electrons. The number of piperidine rings is 1. The molecule has 4 rings (SSSR count). The average molecular weight is 421 g/mol. The van der Waals surface area contributed by atoms with Crippen LogP contribution >= 0.6 is 0 Å². The first-order valence-corrected chi connectivity index (χ1v) is 9.81. The van der Waals surface area contributed by atoms with Crippen molar-refractivity contribution >= 4 is 5.91 Å². The monoisotopic (exact) mass is 421 g/mol. The van der Waals surface area contributed by atoms with Gasteiger partial charge >= 0.3 is 6.18 Å². The molecule has 30 heavy (non-hydrogen) atoms. The van der Waals surface area contributed by atoms with Crippen LogP contribution in [0.15, 0.2) is 47.4 Å². The molecule has 3 heterocycles. The topological polar surface area (TPSA) is 65.8 Å². The molecule has 2 aromatic rings. The van der Waals surface area contributed by atoms with E-state index < -0.39 is 41.9 Å². The van der Waals surface area contributed by atoms with Crippen LogP contribution < -0.4 is 10.4 Å². The first-order valence-electron chi connectivity index (χ1n) is 9.81. The molecule has 0 aliphatic carbocycles. The largest absolute Gasteiger partial charge is 0.502 e. The van der Waals surface area contributed by atoms with Crippen molar-refractivity contribution in [3.8, 4) is 5.75 Å². The molecule has 9 heteroatoms. The summed E-state index contributed by atoms with van der Waals surface area (Å²) in [5, 5.41) is 12.1. The summed E-state index contributed by atoms with van der Waals surface area (Å²) in [6, 6.07) is 9.89. The smallest absolute Gasteiger partial charge is 0.389 e. The Morgan fingerprint density at radius 2 is 1.80 bits per heavy atom. The van der Waals surface area contributed by atoms with E-state index in [-0.39, 0.29) is 18.0 Å². The number of alkyl halides is 3. The number of halogens is 3. The maximum atomic E-state index is 13.0. The Balaban J connectivity index is 1.85. The predicted octanol–water partition coefficient (Wildman–Crippen LogP) is 3.40. The van der Waals surface area contributed by atoms with Gasteiger partial charge in [0.05, 0.1) is 6.04 Å². The number of aromatic nitrogens is 1. The van der Waals surface area contributed by atoms with Crippen molar-refractivity contribution in [3.05, 3.63) is 64.1 Å². The number of rotatable bonds is 3. The van der Waals surface area contributed by atoms with E-state index in [1.165, 1.54) is 15.8 Å². The second-order valence-corrected chi connectivity index (χ2v) is 7.85. The number of carbonyl (C=O) groups excluding carboxylic acids is 1. The molecule has 2 aliphatic rings. The van der Waals surface area contributed by atoms with E-state index in [1.54, 1.807) is 7.05 Å². The van der Waals surface area contributed by atoms with Crippen molar-refractivity contribution in [1.29, 1.82) is 0 Å². The Kier molecular flexibility index (Phi) is 4.99. The van der Waals surface area contributed by atoms with Crippen LogP contribution in [0, 0.1) is 5.92 Å². The number of hydrogen-bond donors (Lipinski definition) is 1. The Labute approximate surface area is 171 Å². The fourth-order valence-electron chi connectivity index (χ4n) is 4.64. The average Bonchev–Trinajstić information content (AvgIpc) is 2.72. The maximum absolute atomic E-state index is 13.0. The van der Waals surface area contributed by atoms with Crippen LogP contribution in [-0.2, 0) is 0 Å². The molecule has 6 nitrogen and oxygen atoms in total. The minimum absolute atomic E-state index is 0.0501. The third kappa shape index (κ3) is 3.42. The molecule has 1 N–H and O–H groups in total. The number of fused-ring (bicyclic) bond motifs is 3. The number of benzene rings is 1. The van der Waals surface area contributed by atoms with Crippen LogP contribution in [0.1, 0.15) is 47.8 Å². The summed E-state index contributed by atoms with van der Waals surface area (Å²) in [5.41, 5.74) is -0.0248. The second-order valence-electron chi connectivity index (χ2n) is 7.85. The fraction of sp³-hybridized carbons (Fsp3) is 0.429. The van der Waals surface area contributed by atoms with Gasteiger partial charge in [0.25, 0.3) is 5.91 Å². The van der Waals surface area contributed by atoms with Crippen molar-refractivity contribution < 1.29 is 23.1 Å². The molecule has 0 saturated carbocycles. The van der Waals surface area contributed by atoms with Crippen molar-refractivity contribution in [2.45, 2.75) is 44.1 Å². The van der Waals surface area contributed by atoms with Crippen LogP contribution in [0.2, 0.25) is 0 Å². The summed E-state index contributed by atoms with van der Waals surface area (Å²) in [5.74, 6) is -1.47. The molecule has 1 saturated heterocycles. The van der Waals surface area contributed by atoms with Gasteiger partial charge in [0, 0.05) is 25.7 Å². The van der Waals surface area contributed by atoms with Gasteiger partial charge in [-0.2, -0.15) is 13.2 Å². The minimum atomic E-state index is -4.26. The number of pyridine rings is 1. The molecule has 1 amide bonds. The van der Waals surface area contributed by atoms with E-state index in [2.05, 4.69) is 0 Å². The van der Waals surface area contributed by atoms with E-state index in [9.17, 15) is 27.9 Å². The third-order valence-electron chi connectivity index (χ3n) is 6.04. The number of carbonyl (C=O) groups is 1. The van der Waals surface area contributed by atoms with Crippen molar-refractivity contribution in [2.24, 2.45) is 5.92 Å². The lowest BCUT2D eigenvalue weighted by atomic mass is 9.81. The fourth-order valence-corrected chi connectivity index (χ4v) is 4.64. The molecule has 3 unspecified atom stereocenters. The maximum Gasteiger partial charge on any atom is 0.389 e. The van der Waals surface area contributed by atoms with Gasteiger partial charge < -0.3 is 10.0 Å². The van der Waals surface area contributed by atoms with Gasteiger partial charge in [0.2, 0.25) is 5.43 Å². The SMILES string of the molecule is CN1C(=O)c2c(O)c(=O)ccn2N2C(c3ccccc3)C(CCC(F)(F)F)CCC12. The van der Waals surface area contributed by atoms with Crippen LogP contribution in [0.5, 0.6) is 5.75 Å². The lowest BCUT2D eigenvalue weighted by molar-refractivity contribution is -0.138. The Hall–Kier alpha value is -2.97. The second kappa shape index (κ2) is 7.37. The summed E-state index contributed by atoms with van der Waals surface area (Å²) in [4.78, 5) is 26.3. The molecular weight excluding hydrogens is 399 g/mol. The highest BCUT2D eigenvalue weighted by atomic mass is 19.4. The highest BCUT2D eigenvalue weighted by Crippen LogP contribution is 2.44. The van der Waals surface area contributed by atoms with Gasteiger partial charge in [-0.25, -0.2) is 0 Å². The van der Waals surface area contributed by atoms with Crippen LogP contribution in [0.3, 0.4) is 0 Å². The van der Waals surface area contributed by atoms with Crippen molar-refractivity contribution in [3.63, 3.8) is 0 Å². The highest BCUT2D eigenvalue weighted by molar-refractivity contribution is 5.96. The molecular formula is C21H22F3N3O3. The summed E-state index contributed by atoms with van der Waals surface area (Å²) in [6.45, 7) is 0. The molecule has 0 spiro atoms. The van der Waals surface area contributed by atoms with E-state index in [0.717, 1.165) is 11.6 Å². The van der Waals surface area contributed by atoms with Gasteiger partial charge in [0.1, 0.15) is 6.17 Å². The summed E-state index contributed by atoms with van der Waals surface area (Å²) in [6.07, 6.45) is -3.18. The van der Waals surface area contributed by atoms with Gasteiger partial charge in [-0.3, -0.25) is 19.3 Å². The van der Waals surface area contributed by atoms with E-state index >= 15 is 0 Å². The van der Waals surface area contributed by atoms with Crippen LogP contribution in [-0.4, -0.2) is 40.0 Å². The van der Waals surface area contributed by atoms with Gasteiger partial charge in [-0.05, 0) is 30.7 Å². The highest BCUT2D eigenvalue weighted by Gasteiger charge is 2.47. The molecule has 1 aromatic carbocycles. The summed E-state index contributed by atoms with van der Waals surface area (Å²) < 4.78 is 40.4. The number of hydrogen-bond acceptors (Lipinski definition) is 4. The zero-order chi connectivity index (χ0) is 21.6. The minimum Gasteiger partial charge on any atom is -0.502 e. The zero-order valence-corrected chi connectivity index (χ0v) is 16.3. The van der Waals surface area contributed by atoms with Gasteiger partial charge in [-0.15, -0.1) is 0 Å². The van der Waals surface area contributed by atoms with Crippen molar-refractivity contribution in [2.75, 3.05) is 12.1 Å². The molecule has 1 fully saturated rings. The molecule has 1 aromatic heterocycles. The number of aromatic hydroxyl groups is 1. The standard InChI is InChI=1S/C21H22F3N3O3/c1-25-16-8-7-14(9-11-21(22,23)24)17(13-5-3-2-4-6-13)27(16)26-12-10-15(28)19(29)18(26)20(25)30/h2-6,10,12,14,16-17,29H,7-9,11H2,1H3. The quantitative estimate of drug-likeness (QED) is 0.825. The zero-order valence-electron chi connectivity index (χ0n) is 16.3. The van der Waals surface area contributed by atoms with E-state index in [4.69, 9.17) is 0 Å². The first-order chi connectivity index (χ1) is 14.2. The van der Waals surface area contributed by atoms with E-state index in [1.807, 2.05) is 35.3 Å². The first kappa shape index (κ1) is 20.3.